The van der Waals surface area contributed by atoms with Crippen molar-refractivity contribution in [2.24, 2.45) is 5.41 Å². The van der Waals surface area contributed by atoms with E-state index >= 15 is 0 Å². The second-order valence-electron chi connectivity index (χ2n) is 11.0. The van der Waals surface area contributed by atoms with Gasteiger partial charge in [0.1, 0.15) is 0 Å². The van der Waals surface area contributed by atoms with Gasteiger partial charge in [-0.1, -0.05) is 60.5 Å². The summed E-state index contributed by atoms with van der Waals surface area (Å²) in [5.41, 5.74) is 1.04. The fraction of sp³-hybridized carbons (Fsp3) is 0.500. The van der Waals surface area contributed by atoms with Crippen molar-refractivity contribution < 1.29 is 18.3 Å². The number of piperidine rings is 1. The molecule has 2 aliphatic rings. The van der Waals surface area contributed by atoms with Crippen LogP contribution < -0.4 is 4.72 Å². The number of hydrogen-bond donors (Lipinski definition) is 2. The van der Waals surface area contributed by atoms with Crippen molar-refractivity contribution in [1.82, 2.24) is 9.62 Å². The molecule has 0 unspecified atom stereocenters. The van der Waals surface area contributed by atoms with Gasteiger partial charge in [0.25, 0.3) is 0 Å². The molecule has 212 valence electrons. The fourth-order valence-electron chi connectivity index (χ4n) is 6.48. The van der Waals surface area contributed by atoms with E-state index in [9.17, 15) is 18.3 Å². The summed E-state index contributed by atoms with van der Waals surface area (Å²) < 4.78 is 27.7. The first-order valence-electron chi connectivity index (χ1n) is 13.6. The van der Waals surface area contributed by atoms with E-state index in [0.29, 0.717) is 48.6 Å². The van der Waals surface area contributed by atoms with Crippen molar-refractivity contribution in [3.8, 4) is 0 Å². The van der Waals surface area contributed by atoms with Gasteiger partial charge in [0.2, 0.25) is 15.9 Å². The van der Waals surface area contributed by atoms with Gasteiger partial charge in [0.05, 0.1) is 16.2 Å². The highest BCUT2D eigenvalue weighted by atomic mass is 35.5. The predicted molar refractivity (Wildman–Crippen MR) is 157 cm³/mol. The van der Waals surface area contributed by atoms with Gasteiger partial charge in [-0.15, -0.1) is 6.58 Å². The first-order valence-corrected chi connectivity index (χ1v) is 15.8. The Balaban J connectivity index is 1.92. The monoisotopic (exact) mass is 592 g/mol. The first-order chi connectivity index (χ1) is 18.6. The molecule has 2 aromatic rings. The Labute approximate surface area is 242 Å². The van der Waals surface area contributed by atoms with Crippen molar-refractivity contribution in [3.05, 3.63) is 82.4 Å². The average molecular weight is 594 g/mol. The molecule has 1 amide bonds. The van der Waals surface area contributed by atoms with Gasteiger partial charge in [-0.3, -0.25) is 4.79 Å². The molecule has 4 atom stereocenters. The highest BCUT2D eigenvalue weighted by molar-refractivity contribution is 7.91. The van der Waals surface area contributed by atoms with Crippen molar-refractivity contribution in [1.29, 1.82) is 0 Å². The van der Waals surface area contributed by atoms with Gasteiger partial charge in [-0.25, -0.2) is 13.1 Å². The van der Waals surface area contributed by atoms with Crippen molar-refractivity contribution in [3.63, 3.8) is 0 Å². The minimum atomic E-state index is -3.54. The second kappa shape index (κ2) is 11.9. The lowest BCUT2D eigenvalue weighted by molar-refractivity contribution is -0.157. The van der Waals surface area contributed by atoms with Crippen LogP contribution in [0.2, 0.25) is 10.0 Å². The Hall–Kier alpha value is -1.90. The Bertz CT molecular complexity index is 1300. The van der Waals surface area contributed by atoms with Crippen LogP contribution in [0.5, 0.6) is 0 Å². The molecule has 1 saturated carbocycles. The number of carbonyl (C=O) groups excluding carboxylic acids is 1. The van der Waals surface area contributed by atoms with E-state index in [-0.39, 0.29) is 36.9 Å². The van der Waals surface area contributed by atoms with Crippen LogP contribution in [0.25, 0.3) is 0 Å². The number of aliphatic hydroxyl groups is 1. The zero-order valence-electron chi connectivity index (χ0n) is 22.6. The number of hydrogen-bond acceptors (Lipinski definition) is 4. The van der Waals surface area contributed by atoms with Gasteiger partial charge >= 0.3 is 0 Å². The number of likely N-dealkylation sites (tertiary alicyclic amines) is 1. The van der Waals surface area contributed by atoms with Crippen LogP contribution in [0.3, 0.4) is 0 Å². The van der Waals surface area contributed by atoms with Crippen LogP contribution in [0.1, 0.15) is 75.0 Å². The molecule has 0 bridgehead atoms. The van der Waals surface area contributed by atoms with Gasteiger partial charge < -0.3 is 10.0 Å². The first kappa shape index (κ1) is 30.1. The maximum Gasteiger partial charge on any atom is 0.229 e. The third-order valence-corrected chi connectivity index (χ3v) is 11.5. The number of amides is 1. The molecule has 39 heavy (non-hydrogen) atoms. The molecule has 0 spiro atoms. The van der Waals surface area contributed by atoms with E-state index in [1.165, 1.54) is 7.05 Å². The Morgan fingerprint density at radius 2 is 1.85 bits per heavy atom. The summed E-state index contributed by atoms with van der Waals surface area (Å²) in [6.45, 7) is 5.80. The standard InChI is InChI=1S/C30H38Cl2N2O4S/c1-4-13-29(16-17-35)20-26(22-7-6-8-24(32)18-22)27(21-9-11-23(31)12-10-21)34(28(29)36)25(5-2)19-30(14-15-30)39(37,38)33-3/h4,6-12,18,25-27,33,35H,1,5,13-17,19-20H2,2-3H3/t25-,26+,27+,29-/m0/s1. The largest absolute Gasteiger partial charge is 0.396 e. The second-order valence-corrected chi connectivity index (χ2v) is 14.1. The highest BCUT2D eigenvalue weighted by Crippen LogP contribution is 2.56. The van der Waals surface area contributed by atoms with Gasteiger partial charge in [0.15, 0.2) is 0 Å². The van der Waals surface area contributed by atoms with Crippen LogP contribution in [0.4, 0.5) is 0 Å². The van der Waals surface area contributed by atoms with Gasteiger partial charge in [-0.2, -0.15) is 0 Å². The lowest BCUT2D eigenvalue weighted by Gasteiger charge is -2.53. The van der Waals surface area contributed by atoms with Crippen molar-refractivity contribution in [2.45, 2.75) is 74.6 Å². The minimum Gasteiger partial charge on any atom is -0.396 e. The zero-order chi connectivity index (χ0) is 28.4. The fourth-order valence-corrected chi connectivity index (χ4v) is 8.29. The number of allylic oxidation sites excluding steroid dienone is 1. The van der Waals surface area contributed by atoms with Crippen molar-refractivity contribution >= 4 is 39.1 Å². The van der Waals surface area contributed by atoms with E-state index in [4.69, 9.17) is 23.2 Å². The zero-order valence-corrected chi connectivity index (χ0v) is 24.9. The molecule has 2 aromatic carbocycles. The lowest BCUT2D eigenvalue weighted by Crippen LogP contribution is -2.57. The van der Waals surface area contributed by atoms with E-state index in [1.54, 1.807) is 6.08 Å². The van der Waals surface area contributed by atoms with Crippen LogP contribution in [-0.4, -0.2) is 48.8 Å². The topological polar surface area (TPSA) is 86.7 Å². The van der Waals surface area contributed by atoms with E-state index in [1.807, 2.05) is 60.4 Å². The number of nitrogens with one attached hydrogen (secondary N) is 1. The molecule has 1 heterocycles. The van der Waals surface area contributed by atoms with E-state index in [0.717, 1.165) is 11.1 Å². The van der Waals surface area contributed by atoms with Crippen LogP contribution in [0, 0.1) is 5.41 Å². The quantitative estimate of drug-likeness (QED) is 0.285. The molecule has 1 aliphatic carbocycles. The van der Waals surface area contributed by atoms with Crippen LogP contribution >= 0.6 is 23.2 Å². The number of sulfonamides is 1. The van der Waals surface area contributed by atoms with Crippen LogP contribution in [-0.2, 0) is 14.8 Å². The molecule has 6 nitrogen and oxygen atoms in total. The maximum atomic E-state index is 14.7. The summed E-state index contributed by atoms with van der Waals surface area (Å²) in [5.74, 6) is -0.224. The number of nitrogens with zero attached hydrogens (tertiary/aromatic N) is 1. The SMILES string of the molecule is C=CC[C@]1(CCO)C[C@H](c2cccc(Cl)c2)[C@@H](c2ccc(Cl)cc2)N([C@@H](CC)CC2(S(=O)(=O)NC)CC2)C1=O. The Kier molecular flexibility index (Phi) is 9.18. The normalized spacial score (nSPS) is 25.4. The number of aliphatic hydroxyl groups excluding tert-OH is 1. The molecule has 4 rings (SSSR count). The molecule has 9 heteroatoms. The molecule has 2 N–H and O–H groups in total. The summed E-state index contributed by atoms with van der Waals surface area (Å²) in [6, 6.07) is 14.5. The summed E-state index contributed by atoms with van der Waals surface area (Å²) in [4.78, 5) is 16.6. The molecule has 0 aromatic heterocycles. The molecule has 2 fully saturated rings. The third kappa shape index (κ3) is 5.80. The van der Waals surface area contributed by atoms with Crippen LogP contribution in [0.15, 0.2) is 61.2 Å². The summed E-state index contributed by atoms with van der Waals surface area (Å²) in [5, 5.41) is 11.3. The molecule has 1 saturated heterocycles. The number of benzene rings is 2. The summed E-state index contributed by atoms with van der Waals surface area (Å²) >= 11 is 12.7. The molecule has 1 aliphatic heterocycles. The van der Waals surface area contributed by atoms with Gasteiger partial charge in [-0.05, 0) is 87.4 Å². The summed E-state index contributed by atoms with van der Waals surface area (Å²) in [6.07, 6.45) is 4.99. The smallest absolute Gasteiger partial charge is 0.229 e. The summed E-state index contributed by atoms with van der Waals surface area (Å²) in [7, 11) is -2.09. The minimum absolute atomic E-state index is 0.0702. The number of halogens is 2. The van der Waals surface area contributed by atoms with E-state index in [2.05, 4.69) is 11.3 Å². The third-order valence-electron chi connectivity index (χ3n) is 8.71. The van der Waals surface area contributed by atoms with Crippen molar-refractivity contribution in [2.75, 3.05) is 13.7 Å². The highest BCUT2D eigenvalue weighted by Gasteiger charge is 2.58. The predicted octanol–water partition coefficient (Wildman–Crippen LogP) is 6.25. The van der Waals surface area contributed by atoms with Gasteiger partial charge in [0, 0.05) is 28.6 Å². The Morgan fingerprint density at radius 1 is 1.15 bits per heavy atom. The average Bonchev–Trinajstić information content (AvgIpc) is 3.71. The number of carbonyl (C=O) groups is 1. The molecular weight excluding hydrogens is 555 g/mol. The number of rotatable bonds is 12. The molecule has 0 radical (unpaired) electrons. The lowest BCUT2D eigenvalue weighted by atomic mass is 9.64. The Morgan fingerprint density at radius 3 is 2.38 bits per heavy atom. The molecular formula is C30H38Cl2N2O4S. The van der Waals surface area contributed by atoms with E-state index < -0.39 is 20.2 Å². The maximum absolute atomic E-state index is 14.7.